The molecule has 0 amide bonds. The number of hydrogen-bond donors (Lipinski definition) is 2. The number of nitrogens with one attached hydrogen (secondary N) is 1. The van der Waals surface area contributed by atoms with Crippen molar-refractivity contribution in [2.24, 2.45) is 11.8 Å². The standard InChI is InChI=1S/C12H21NO3/c1-2-16-12(15)8-7-13-9-5-3-4-6-10(14)11(8)9/h8-9,11-13,15H,2-7H2,1H3. The molecular formula is C12H21NO3. The second-order valence-electron chi connectivity index (χ2n) is 4.76. The molecule has 4 nitrogen and oxygen atoms in total. The first-order chi connectivity index (χ1) is 7.74. The largest absolute Gasteiger partial charge is 0.368 e. The summed E-state index contributed by atoms with van der Waals surface area (Å²) >= 11 is 0. The second-order valence-corrected chi connectivity index (χ2v) is 4.76. The van der Waals surface area contributed by atoms with E-state index in [4.69, 9.17) is 4.74 Å². The summed E-state index contributed by atoms with van der Waals surface area (Å²) in [7, 11) is 0. The Bertz CT molecular complexity index is 257. The van der Waals surface area contributed by atoms with Crippen LogP contribution in [-0.2, 0) is 9.53 Å². The maximum absolute atomic E-state index is 12.0. The zero-order chi connectivity index (χ0) is 11.5. The number of rotatable bonds is 3. The first kappa shape index (κ1) is 12.0. The SMILES string of the molecule is CCOC(O)C1CNC2CCCCC(=O)C21. The molecule has 0 aromatic carbocycles. The molecule has 16 heavy (non-hydrogen) atoms. The molecule has 2 fully saturated rings. The van der Waals surface area contributed by atoms with Crippen LogP contribution in [0.3, 0.4) is 0 Å². The van der Waals surface area contributed by atoms with Gasteiger partial charge < -0.3 is 15.2 Å². The molecule has 1 saturated carbocycles. The van der Waals surface area contributed by atoms with Gasteiger partial charge in [-0.05, 0) is 19.8 Å². The fourth-order valence-electron chi connectivity index (χ4n) is 2.99. The summed E-state index contributed by atoms with van der Waals surface area (Å²) in [6, 6.07) is 0.259. The van der Waals surface area contributed by atoms with Crippen molar-refractivity contribution in [1.82, 2.24) is 5.32 Å². The number of hydrogen-bond acceptors (Lipinski definition) is 4. The van der Waals surface area contributed by atoms with Crippen LogP contribution in [0.5, 0.6) is 0 Å². The van der Waals surface area contributed by atoms with Gasteiger partial charge in [0.05, 0.1) is 0 Å². The lowest BCUT2D eigenvalue weighted by Crippen LogP contribution is -2.36. The summed E-state index contributed by atoms with van der Waals surface area (Å²) in [6.45, 7) is 3.05. The highest BCUT2D eigenvalue weighted by atomic mass is 16.6. The number of aliphatic hydroxyl groups excluding tert-OH is 1. The lowest BCUT2D eigenvalue weighted by atomic mass is 9.85. The van der Waals surface area contributed by atoms with E-state index >= 15 is 0 Å². The maximum atomic E-state index is 12.0. The van der Waals surface area contributed by atoms with Crippen LogP contribution in [0.1, 0.15) is 32.6 Å². The number of aliphatic hydroxyl groups is 1. The molecule has 1 aliphatic carbocycles. The first-order valence-electron chi connectivity index (χ1n) is 6.29. The number of fused-ring (bicyclic) bond motifs is 1. The summed E-state index contributed by atoms with van der Waals surface area (Å²) in [4.78, 5) is 12.0. The lowest BCUT2D eigenvalue weighted by molar-refractivity contribution is -0.147. The van der Waals surface area contributed by atoms with Crippen molar-refractivity contribution in [3.63, 3.8) is 0 Å². The van der Waals surface area contributed by atoms with Crippen molar-refractivity contribution < 1.29 is 14.6 Å². The van der Waals surface area contributed by atoms with Crippen molar-refractivity contribution in [2.75, 3.05) is 13.2 Å². The van der Waals surface area contributed by atoms with E-state index in [1.165, 1.54) is 0 Å². The molecule has 0 radical (unpaired) electrons. The highest BCUT2D eigenvalue weighted by Crippen LogP contribution is 2.33. The van der Waals surface area contributed by atoms with Gasteiger partial charge >= 0.3 is 0 Å². The van der Waals surface area contributed by atoms with E-state index in [1.54, 1.807) is 0 Å². The molecule has 0 aromatic heterocycles. The number of ether oxygens (including phenoxy) is 1. The maximum Gasteiger partial charge on any atom is 0.159 e. The topological polar surface area (TPSA) is 58.6 Å². The zero-order valence-electron chi connectivity index (χ0n) is 9.82. The van der Waals surface area contributed by atoms with Crippen LogP contribution in [-0.4, -0.2) is 36.4 Å². The summed E-state index contributed by atoms with van der Waals surface area (Å²) in [5, 5.41) is 13.2. The summed E-state index contributed by atoms with van der Waals surface area (Å²) in [5.74, 6) is 0.204. The molecule has 2 N–H and O–H groups in total. The predicted molar refractivity (Wildman–Crippen MR) is 59.9 cm³/mol. The van der Waals surface area contributed by atoms with E-state index < -0.39 is 6.29 Å². The van der Waals surface area contributed by atoms with Crippen molar-refractivity contribution >= 4 is 5.78 Å². The van der Waals surface area contributed by atoms with Crippen molar-refractivity contribution in [3.05, 3.63) is 0 Å². The number of Topliss-reactive ketones (excluding diaryl/α,β-unsaturated/α-hetero) is 1. The van der Waals surface area contributed by atoms with Gasteiger partial charge in [-0.25, -0.2) is 0 Å². The normalized spacial score (nSPS) is 36.9. The Morgan fingerprint density at radius 1 is 1.56 bits per heavy atom. The van der Waals surface area contributed by atoms with Crippen LogP contribution >= 0.6 is 0 Å². The van der Waals surface area contributed by atoms with Crippen molar-refractivity contribution in [3.8, 4) is 0 Å². The molecule has 0 spiro atoms. The first-order valence-corrected chi connectivity index (χ1v) is 6.29. The Labute approximate surface area is 96.4 Å². The summed E-state index contributed by atoms with van der Waals surface area (Å²) in [6.07, 6.45) is 3.02. The third kappa shape index (κ3) is 2.29. The molecule has 0 aromatic rings. The molecule has 1 saturated heterocycles. The van der Waals surface area contributed by atoms with Gasteiger partial charge in [-0.15, -0.1) is 0 Å². The van der Waals surface area contributed by atoms with E-state index in [0.29, 0.717) is 25.4 Å². The Balaban J connectivity index is 2.07. The fraction of sp³-hybridized carbons (Fsp3) is 0.917. The van der Waals surface area contributed by atoms with E-state index in [1.807, 2.05) is 6.92 Å². The number of ketones is 1. The average molecular weight is 227 g/mol. The van der Waals surface area contributed by atoms with E-state index in [2.05, 4.69) is 5.32 Å². The van der Waals surface area contributed by atoms with Gasteiger partial charge in [0, 0.05) is 37.5 Å². The van der Waals surface area contributed by atoms with Crippen molar-refractivity contribution in [2.45, 2.75) is 44.9 Å². The zero-order valence-corrected chi connectivity index (χ0v) is 9.82. The van der Waals surface area contributed by atoms with Gasteiger partial charge in [0.25, 0.3) is 0 Å². The van der Waals surface area contributed by atoms with Crippen molar-refractivity contribution in [1.29, 1.82) is 0 Å². The molecule has 1 aliphatic heterocycles. The van der Waals surface area contributed by atoms with Gasteiger partial charge in [0.15, 0.2) is 6.29 Å². The van der Waals surface area contributed by atoms with Gasteiger partial charge in [-0.3, -0.25) is 4.79 Å². The molecule has 2 aliphatic rings. The number of carbonyl (C=O) groups excluding carboxylic acids is 1. The van der Waals surface area contributed by atoms with Crippen LogP contribution in [0, 0.1) is 11.8 Å². The molecule has 0 bridgehead atoms. The Kier molecular flexibility index (Phi) is 3.95. The van der Waals surface area contributed by atoms with Crippen LogP contribution in [0.4, 0.5) is 0 Å². The molecule has 4 heteroatoms. The third-order valence-electron chi connectivity index (χ3n) is 3.77. The minimum absolute atomic E-state index is 0.0379. The predicted octanol–water partition coefficient (Wildman–Crippen LogP) is 0.689. The third-order valence-corrected chi connectivity index (χ3v) is 3.77. The Morgan fingerprint density at radius 3 is 3.12 bits per heavy atom. The van der Waals surface area contributed by atoms with Crippen LogP contribution in [0.25, 0.3) is 0 Å². The van der Waals surface area contributed by atoms with Gasteiger partial charge in [0.1, 0.15) is 5.78 Å². The summed E-state index contributed by atoms with van der Waals surface area (Å²) < 4.78 is 5.23. The highest BCUT2D eigenvalue weighted by molar-refractivity contribution is 5.82. The smallest absolute Gasteiger partial charge is 0.159 e. The van der Waals surface area contributed by atoms with Crippen LogP contribution in [0.15, 0.2) is 0 Å². The molecule has 92 valence electrons. The average Bonchev–Trinajstić information content (AvgIpc) is 2.60. The monoisotopic (exact) mass is 227 g/mol. The van der Waals surface area contributed by atoms with E-state index in [0.717, 1.165) is 19.3 Å². The second kappa shape index (κ2) is 5.25. The van der Waals surface area contributed by atoms with Gasteiger partial charge in [0.2, 0.25) is 0 Å². The fourth-order valence-corrected chi connectivity index (χ4v) is 2.99. The molecule has 4 atom stereocenters. The van der Waals surface area contributed by atoms with Crippen LogP contribution in [0.2, 0.25) is 0 Å². The Morgan fingerprint density at radius 2 is 2.38 bits per heavy atom. The lowest BCUT2D eigenvalue weighted by Gasteiger charge is -2.24. The Hall–Kier alpha value is -0.450. The van der Waals surface area contributed by atoms with E-state index in [-0.39, 0.29) is 17.9 Å². The quantitative estimate of drug-likeness (QED) is 0.696. The number of carbonyl (C=O) groups is 1. The molecule has 4 unspecified atom stereocenters. The molecule has 2 rings (SSSR count). The van der Waals surface area contributed by atoms with Crippen LogP contribution < -0.4 is 5.32 Å². The molecular weight excluding hydrogens is 206 g/mol. The van der Waals surface area contributed by atoms with Gasteiger partial charge in [-0.1, -0.05) is 6.42 Å². The molecule has 1 heterocycles. The summed E-state index contributed by atoms with van der Waals surface area (Å²) in [5.41, 5.74) is 0. The minimum Gasteiger partial charge on any atom is -0.368 e. The minimum atomic E-state index is -0.797. The van der Waals surface area contributed by atoms with Gasteiger partial charge in [-0.2, -0.15) is 0 Å². The van der Waals surface area contributed by atoms with E-state index in [9.17, 15) is 9.90 Å². The highest BCUT2D eigenvalue weighted by Gasteiger charge is 2.44.